The largest absolute Gasteiger partial charge is 0.456 e. The molecule has 0 N–H and O–H groups in total. The molecule has 10 aromatic rings. The minimum absolute atomic E-state index is 0.882. The van der Waals surface area contributed by atoms with Gasteiger partial charge in [0.1, 0.15) is 11.2 Å². The Balaban J connectivity index is 1.05. The molecule has 0 fully saturated rings. The molecule has 8 aromatic carbocycles. The minimum Gasteiger partial charge on any atom is -0.456 e. The van der Waals surface area contributed by atoms with Crippen LogP contribution in [0.3, 0.4) is 0 Å². The van der Waals surface area contributed by atoms with Crippen molar-refractivity contribution >= 4 is 71.3 Å². The molecule has 3 heteroatoms. The summed E-state index contributed by atoms with van der Waals surface area (Å²) in [7, 11) is 0. The van der Waals surface area contributed by atoms with Gasteiger partial charge >= 0.3 is 0 Å². The Kier molecular flexibility index (Phi) is 5.87. The first-order valence-electron chi connectivity index (χ1n) is 16.3. The highest BCUT2D eigenvalue weighted by atomic mass is 16.3. The van der Waals surface area contributed by atoms with E-state index in [1.54, 1.807) is 0 Å². The molecule has 10 rings (SSSR count). The van der Waals surface area contributed by atoms with Gasteiger partial charge in [0.2, 0.25) is 0 Å². The minimum atomic E-state index is 0.882. The van der Waals surface area contributed by atoms with Gasteiger partial charge in [0, 0.05) is 45.7 Å². The van der Waals surface area contributed by atoms with E-state index in [0.29, 0.717) is 0 Å². The molecule has 0 radical (unpaired) electrons. The molecule has 224 valence electrons. The first-order valence-corrected chi connectivity index (χ1v) is 16.3. The van der Waals surface area contributed by atoms with Crippen molar-refractivity contribution in [2.45, 2.75) is 0 Å². The number of furan rings is 1. The Hall–Kier alpha value is -6.45. The molecule has 0 aliphatic rings. The second kappa shape index (κ2) is 10.5. The van der Waals surface area contributed by atoms with Gasteiger partial charge in [-0.05, 0) is 122 Å². The molecule has 0 saturated heterocycles. The zero-order chi connectivity index (χ0) is 31.6. The zero-order valence-corrected chi connectivity index (χ0v) is 26.0. The van der Waals surface area contributed by atoms with Gasteiger partial charge in [-0.2, -0.15) is 0 Å². The highest BCUT2D eigenvalue weighted by Gasteiger charge is 2.16. The van der Waals surface area contributed by atoms with Crippen LogP contribution >= 0.6 is 0 Å². The smallest absolute Gasteiger partial charge is 0.137 e. The lowest BCUT2D eigenvalue weighted by Gasteiger charge is -2.25. The third-order valence-corrected chi connectivity index (χ3v) is 9.59. The molecule has 0 bridgehead atoms. The number of nitrogens with zero attached hydrogens (tertiary/aromatic N) is 2. The van der Waals surface area contributed by atoms with Crippen LogP contribution in [0.15, 0.2) is 174 Å². The van der Waals surface area contributed by atoms with Crippen molar-refractivity contribution in [3.05, 3.63) is 170 Å². The molecular weight excluding hydrogens is 585 g/mol. The summed E-state index contributed by atoms with van der Waals surface area (Å²) >= 11 is 0. The fraction of sp³-hybridized carbons (Fsp3) is 0. The van der Waals surface area contributed by atoms with E-state index < -0.39 is 0 Å². The van der Waals surface area contributed by atoms with Crippen LogP contribution in [0, 0.1) is 0 Å². The van der Waals surface area contributed by atoms with Crippen LogP contribution in [0.5, 0.6) is 0 Å². The molecule has 2 heterocycles. The third kappa shape index (κ3) is 4.25. The highest BCUT2D eigenvalue weighted by Crippen LogP contribution is 2.41. The zero-order valence-electron chi connectivity index (χ0n) is 26.0. The van der Waals surface area contributed by atoms with E-state index in [2.05, 4.69) is 149 Å². The molecule has 48 heavy (non-hydrogen) atoms. The van der Waals surface area contributed by atoms with Gasteiger partial charge in [0.25, 0.3) is 0 Å². The van der Waals surface area contributed by atoms with Crippen LogP contribution in [0.25, 0.3) is 76.6 Å². The molecule has 0 spiro atoms. The van der Waals surface area contributed by atoms with Crippen LogP contribution < -0.4 is 4.90 Å². The number of aromatic nitrogens is 1. The van der Waals surface area contributed by atoms with Crippen molar-refractivity contribution in [2.24, 2.45) is 0 Å². The second-order valence-corrected chi connectivity index (χ2v) is 12.4. The van der Waals surface area contributed by atoms with Crippen molar-refractivity contribution in [2.75, 3.05) is 4.90 Å². The molecule has 0 aliphatic heterocycles. The molecule has 0 atom stereocenters. The van der Waals surface area contributed by atoms with Gasteiger partial charge in [-0.3, -0.25) is 4.98 Å². The quantitative estimate of drug-likeness (QED) is 0.181. The summed E-state index contributed by atoms with van der Waals surface area (Å²) < 4.78 is 6.27. The van der Waals surface area contributed by atoms with Crippen molar-refractivity contribution in [3.63, 3.8) is 0 Å². The molecular formula is C45H28N2O. The molecule has 3 nitrogen and oxygen atoms in total. The number of anilines is 3. The standard InChI is InChI=1S/C45H28N2O/c1-2-8-36(9-3-1)47(38-21-22-40-39-10-4-5-12-42(39)48-43(40)28-38)37-19-17-29(18-20-37)34-24-30-13-15-32-26-35(41-11-6-7-23-46-41)27-33-16-14-31(25-34)44(30)45(32)33/h1-28H. The Morgan fingerprint density at radius 3 is 1.67 bits per heavy atom. The summed E-state index contributed by atoms with van der Waals surface area (Å²) in [5.41, 5.74) is 9.54. The summed E-state index contributed by atoms with van der Waals surface area (Å²) in [6, 6.07) is 58.4. The van der Waals surface area contributed by atoms with Crippen LogP contribution in [-0.4, -0.2) is 4.98 Å². The monoisotopic (exact) mass is 612 g/mol. The van der Waals surface area contributed by atoms with E-state index in [0.717, 1.165) is 50.3 Å². The van der Waals surface area contributed by atoms with E-state index >= 15 is 0 Å². The van der Waals surface area contributed by atoms with Gasteiger partial charge in [-0.25, -0.2) is 0 Å². The number of pyridine rings is 1. The maximum atomic E-state index is 6.27. The Bertz CT molecular complexity index is 2700. The molecule has 0 saturated carbocycles. The number of hydrogen-bond acceptors (Lipinski definition) is 3. The lowest BCUT2D eigenvalue weighted by Crippen LogP contribution is -2.09. The van der Waals surface area contributed by atoms with Crippen LogP contribution in [0.2, 0.25) is 0 Å². The fourth-order valence-corrected chi connectivity index (χ4v) is 7.37. The van der Waals surface area contributed by atoms with E-state index in [-0.39, 0.29) is 0 Å². The number of rotatable bonds is 5. The topological polar surface area (TPSA) is 29.3 Å². The normalized spacial score (nSPS) is 11.8. The number of fused-ring (bicyclic) bond motifs is 3. The lowest BCUT2D eigenvalue weighted by atomic mass is 9.90. The average molecular weight is 613 g/mol. The summed E-state index contributed by atoms with van der Waals surface area (Å²) in [6.45, 7) is 0. The maximum absolute atomic E-state index is 6.27. The fourth-order valence-electron chi connectivity index (χ4n) is 7.37. The van der Waals surface area contributed by atoms with Crippen molar-refractivity contribution in [1.29, 1.82) is 0 Å². The highest BCUT2D eigenvalue weighted by molar-refractivity contribution is 6.24. The molecule has 0 aliphatic carbocycles. The maximum Gasteiger partial charge on any atom is 0.137 e. The van der Waals surface area contributed by atoms with Crippen molar-refractivity contribution in [3.8, 4) is 22.4 Å². The van der Waals surface area contributed by atoms with E-state index in [4.69, 9.17) is 4.42 Å². The van der Waals surface area contributed by atoms with Crippen LogP contribution in [-0.2, 0) is 0 Å². The van der Waals surface area contributed by atoms with Gasteiger partial charge in [-0.15, -0.1) is 0 Å². The van der Waals surface area contributed by atoms with Gasteiger partial charge in [0.15, 0.2) is 0 Å². The summed E-state index contributed by atoms with van der Waals surface area (Å²) in [5.74, 6) is 0. The molecule has 0 unspecified atom stereocenters. The van der Waals surface area contributed by atoms with Crippen LogP contribution in [0.1, 0.15) is 0 Å². The van der Waals surface area contributed by atoms with E-state index in [1.807, 2.05) is 30.5 Å². The summed E-state index contributed by atoms with van der Waals surface area (Å²) in [5, 5.41) is 9.87. The molecule has 0 amide bonds. The Morgan fingerprint density at radius 2 is 0.979 bits per heavy atom. The summed E-state index contributed by atoms with van der Waals surface area (Å²) in [6.07, 6.45) is 1.86. The van der Waals surface area contributed by atoms with Crippen molar-refractivity contribution in [1.82, 2.24) is 4.98 Å². The van der Waals surface area contributed by atoms with Crippen LogP contribution in [0.4, 0.5) is 17.1 Å². The van der Waals surface area contributed by atoms with Gasteiger partial charge in [0.05, 0.1) is 5.69 Å². The number of hydrogen-bond donors (Lipinski definition) is 0. The Morgan fingerprint density at radius 1 is 0.396 bits per heavy atom. The predicted molar refractivity (Wildman–Crippen MR) is 201 cm³/mol. The number of para-hydroxylation sites is 2. The van der Waals surface area contributed by atoms with E-state index in [1.165, 1.54) is 43.4 Å². The number of benzene rings is 8. The second-order valence-electron chi connectivity index (χ2n) is 12.4. The van der Waals surface area contributed by atoms with Gasteiger partial charge in [-0.1, -0.05) is 78.9 Å². The Labute approximate surface area is 277 Å². The molecule has 2 aromatic heterocycles. The van der Waals surface area contributed by atoms with E-state index in [9.17, 15) is 0 Å². The average Bonchev–Trinajstić information content (AvgIpc) is 3.53. The summed E-state index contributed by atoms with van der Waals surface area (Å²) in [4.78, 5) is 6.88. The first-order chi connectivity index (χ1) is 23.8. The predicted octanol–water partition coefficient (Wildman–Crippen LogP) is 12.7. The third-order valence-electron chi connectivity index (χ3n) is 9.59. The first kappa shape index (κ1) is 26.7. The SMILES string of the molecule is c1ccc(N(c2ccc(-c3cc4ccc5cc(-c6ccccn6)cc6ccc(c3)c4c56)cc2)c2ccc3c(c2)oc2ccccc23)cc1. The van der Waals surface area contributed by atoms with Gasteiger partial charge < -0.3 is 9.32 Å². The lowest BCUT2D eigenvalue weighted by molar-refractivity contribution is 0.669. The van der Waals surface area contributed by atoms with Crippen molar-refractivity contribution < 1.29 is 4.42 Å².